The van der Waals surface area contributed by atoms with Gasteiger partial charge in [-0.2, -0.15) is 0 Å². The zero-order chi connectivity index (χ0) is 14.6. The van der Waals surface area contributed by atoms with Gasteiger partial charge in [-0.25, -0.2) is 12.8 Å². The topological polar surface area (TPSA) is 54.5 Å². The van der Waals surface area contributed by atoms with Crippen LogP contribution in [0.15, 0.2) is 23.1 Å². The predicted octanol–water partition coefficient (Wildman–Crippen LogP) is 1.85. The van der Waals surface area contributed by atoms with Crippen LogP contribution in [0.4, 0.5) is 4.39 Å². The molecular formula is C12H11ClFNO3S. The number of nitrogens with zero attached hydrogens (tertiary/aromatic N) is 1. The van der Waals surface area contributed by atoms with Crippen LogP contribution >= 0.6 is 10.7 Å². The number of halogens is 2. The van der Waals surface area contributed by atoms with Crippen LogP contribution in [0.5, 0.6) is 0 Å². The average molecular weight is 304 g/mol. The lowest BCUT2D eigenvalue weighted by atomic mass is 10.2. The summed E-state index contributed by atoms with van der Waals surface area (Å²) in [6.07, 6.45) is 5.11. The minimum absolute atomic E-state index is 0.00633. The summed E-state index contributed by atoms with van der Waals surface area (Å²) in [5.74, 6) is 0.858. The fraction of sp³-hybridized carbons (Fsp3) is 0.250. The Morgan fingerprint density at radius 2 is 2.16 bits per heavy atom. The smallest absolute Gasteiger partial charge is 0.262 e. The number of hydrogen-bond acceptors (Lipinski definition) is 3. The highest BCUT2D eigenvalue weighted by Crippen LogP contribution is 2.22. The molecule has 1 amide bonds. The molecule has 19 heavy (non-hydrogen) atoms. The zero-order valence-electron chi connectivity index (χ0n) is 10.1. The van der Waals surface area contributed by atoms with Crippen LogP contribution in [0.2, 0.25) is 0 Å². The number of carbonyl (C=O) groups excluding carboxylic acids is 1. The highest BCUT2D eigenvalue weighted by molar-refractivity contribution is 8.13. The molecule has 0 aliphatic heterocycles. The van der Waals surface area contributed by atoms with Crippen LogP contribution in [0.25, 0.3) is 0 Å². The van der Waals surface area contributed by atoms with Gasteiger partial charge in [0.25, 0.3) is 15.0 Å². The first-order chi connectivity index (χ1) is 8.81. The summed E-state index contributed by atoms with van der Waals surface area (Å²) in [5.41, 5.74) is -0.327. The lowest BCUT2D eigenvalue weighted by Crippen LogP contribution is -2.32. The van der Waals surface area contributed by atoms with Crippen LogP contribution in [0.3, 0.4) is 0 Å². The molecule has 0 fully saturated rings. The van der Waals surface area contributed by atoms with Gasteiger partial charge in [0.1, 0.15) is 5.82 Å². The molecule has 7 heteroatoms. The molecule has 0 aliphatic rings. The van der Waals surface area contributed by atoms with Gasteiger partial charge in [-0.3, -0.25) is 4.79 Å². The Morgan fingerprint density at radius 3 is 2.63 bits per heavy atom. The van der Waals surface area contributed by atoms with Crippen molar-refractivity contribution in [3.63, 3.8) is 0 Å². The van der Waals surface area contributed by atoms with E-state index in [-0.39, 0.29) is 18.7 Å². The van der Waals surface area contributed by atoms with E-state index in [0.717, 1.165) is 18.2 Å². The first-order valence-electron chi connectivity index (χ1n) is 5.28. The van der Waals surface area contributed by atoms with Gasteiger partial charge in [-0.15, -0.1) is 6.42 Å². The van der Waals surface area contributed by atoms with Crippen molar-refractivity contribution in [1.29, 1.82) is 0 Å². The van der Waals surface area contributed by atoms with Crippen molar-refractivity contribution in [3.8, 4) is 12.3 Å². The maximum Gasteiger partial charge on any atom is 0.262 e. The molecule has 4 nitrogen and oxygen atoms in total. The molecule has 0 spiro atoms. The third-order valence-electron chi connectivity index (χ3n) is 2.39. The summed E-state index contributed by atoms with van der Waals surface area (Å²) < 4.78 is 35.9. The van der Waals surface area contributed by atoms with Gasteiger partial charge in [-0.1, -0.05) is 5.92 Å². The summed E-state index contributed by atoms with van der Waals surface area (Å²) >= 11 is 0. The Hall–Kier alpha value is -1.58. The van der Waals surface area contributed by atoms with Crippen LogP contribution in [-0.4, -0.2) is 32.3 Å². The SMILES string of the molecule is C#CCN(CC)C(=O)c1cc(F)ccc1S(=O)(=O)Cl. The van der Waals surface area contributed by atoms with Crippen molar-refractivity contribution in [3.05, 3.63) is 29.6 Å². The summed E-state index contributed by atoms with van der Waals surface area (Å²) in [6.45, 7) is 1.93. The summed E-state index contributed by atoms with van der Waals surface area (Å²) in [7, 11) is 1.08. The van der Waals surface area contributed by atoms with Gasteiger partial charge in [0.05, 0.1) is 17.0 Å². The maximum atomic E-state index is 13.2. The van der Waals surface area contributed by atoms with E-state index in [2.05, 4.69) is 5.92 Å². The number of amides is 1. The molecule has 0 bridgehead atoms. The van der Waals surface area contributed by atoms with E-state index < -0.39 is 25.7 Å². The highest BCUT2D eigenvalue weighted by Gasteiger charge is 2.24. The molecule has 102 valence electrons. The minimum Gasteiger partial charge on any atom is -0.328 e. The molecule has 0 radical (unpaired) electrons. The largest absolute Gasteiger partial charge is 0.328 e. The van der Waals surface area contributed by atoms with Crippen molar-refractivity contribution in [2.75, 3.05) is 13.1 Å². The Morgan fingerprint density at radius 1 is 1.53 bits per heavy atom. The normalized spacial score (nSPS) is 10.8. The molecule has 0 aliphatic carbocycles. The van der Waals surface area contributed by atoms with Crippen LogP contribution in [-0.2, 0) is 9.05 Å². The van der Waals surface area contributed by atoms with Crippen molar-refractivity contribution in [1.82, 2.24) is 4.90 Å². The molecule has 0 unspecified atom stereocenters. The average Bonchev–Trinajstić information content (AvgIpc) is 2.33. The molecule has 1 aromatic carbocycles. The van der Waals surface area contributed by atoms with Gasteiger partial charge in [-0.05, 0) is 25.1 Å². The molecule has 0 N–H and O–H groups in total. The molecule has 0 aromatic heterocycles. The number of terminal acetylenes is 1. The number of benzene rings is 1. The van der Waals surface area contributed by atoms with Crippen molar-refractivity contribution in [2.45, 2.75) is 11.8 Å². The highest BCUT2D eigenvalue weighted by atomic mass is 35.7. The van der Waals surface area contributed by atoms with Crippen molar-refractivity contribution >= 4 is 25.6 Å². The molecule has 0 saturated carbocycles. The lowest BCUT2D eigenvalue weighted by molar-refractivity contribution is 0.0780. The van der Waals surface area contributed by atoms with Gasteiger partial charge in [0.2, 0.25) is 0 Å². The molecule has 0 atom stereocenters. The van der Waals surface area contributed by atoms with E-state index in [4.69, 9.17) is 17.1 Å². The van der Waals surface area contributed by atoms with Crippen LogP contribution in [0.1, 0.15) is 17.3 Å². The second-order valence-corrected chi connectivity index (χ2v) is 6.14. The lowest BCUT2D eigenvalue weighted by Gasteiger charge is -2.19. The molecule has 1 aromatic rings. The van der Waals surface area contributed by atoms with Gasteiger partial charge in [0.15, 0.2) is 0 Å². The van der Waals surface area contributed by atoms with Gasteiger partial charge in [0, 0.05) is 17.2 Å². The molecule has 1 rings (SSSR count). The van der Waals surface area contributed by atoms with E-state index in [0.29, 0.717) is 0 Å². The van der Waals surface area contributed by atoms with Crippen molar-refractivity contribution in [2.24, 2.45) is 0 Å². The summed E-state index contributed by atoms with van der Waals surface area (Å²) in [4.78, 5) is 12.9. The first-order valence-corrected chi connectivity index (χ1v) is 7.59. The first kappa shape index (κ1) is 15.5. The number of hydrogen-bond donors (Lipinski definition) is 0. The summed E-state index contributed by atoms with van der Waals surface area (Å²) in [6, 6.07) is 2.70. The quantitative estimate of drug-likeness (QED) is 0.630. The second-order valence-electron chi connectivity index (χ2n) is 3.60. The Bertz CT molecular complexity index is 637. The van der Waals surface area contributed by atoms with E-state index in [1.807, 2.05) is 0 Å². The predicted molar refractivity (Wildman–Crippen MR) is 69.8 cm³/mol. The standard InChI is InChI=1S/C12H11ClFNO3S/c1-3-7-15(4-2)12(16)10-8-9(14)5-6-11(10)19(13,17)18/h1,5-6,8H,4,7H2,2H3. The summed E-state index contributed by atoms with van der Waals surface area (Å²) in [5, 5.41) is 0. The third kappa shape index (κ3) is 3.69. The fourth-order valence-electron chi connectivity index (χ4n) is 1.49. The second kappa shape index (κ2) is 6.04. The van der Waals surface area contributed by atoms with Crippen molar-refractivity contribution < 1.29 is 17.6 Å². The molecule has 0 saturated heterocycles. The Balaban J connectivity index is 3.37. The number of rotatable bonds is 4. The minimum atomic E-state index is -4.15. The van der Waals surface area contributed by atoms with E-state index >= 15 is 0 Å². The van der Waals surface area contributed by atoms with Crippen LogP contribution < -0.4 is 0 Å². The van der Waals surface area contributed by atoms with E-state index in [9.17, 15) is 17.6 Å². The molecular weight excluding hydrogens is 293 g/mol. The molecule has 0 heterocycles. The zero-order valence-corrected chi connectivity index (χ0v) is 11.6. The van der Waals surface area contributed by atoms with Gasteiger partial charge >= 0.3 is 0 Å². The van der Waals surface area contributed by atoms with E-state index in [1.165, 1.54) is 4.90 Å². The maximum absolute atomic E-state index is 13.2. The van der Waals surface area contributed by atoms with Gasteiger partial charge < -0.3 is 4.90 Å². The fourth-order valence-corrected chi connectivity index (χ4v) is 2.53. The number of carbonyl (C=O) groups is 1. The van der Waals surface area contributed by atoms with Crippen LogP contribution in [0, 0.1) is 18.2 Å². The Labute approximate surface area is 115 Å². The Kier molecular flexibility index (Phi) is 4.92. The monoisotopic (exact) mass is 303 g/mol. The third-order valence-corrected chi connectivity index (χ3v) is 3.77. The van der Waals surface area contributed by atoms with E-state index in [1.54, 1.807) is 6.92 Å².